The monoisotopic (exact) mass is 423 g/mol. The van der Waals surface area contributed by atoms with E-state index in [1.807, 2.05) is 67.9 Å². The zero-order valence-electron chi connectivity index (χ0n) is 17.4. The predicted octanol–water partition coefficient (Wildman–Crippen LogP) is 4.41. The Bertz CT molecular complexity index is 1020. The summed E-state index contributed by atoms with van der Waals surface area (Å²) in [6, 6.07) is 15.6. The first-order chi connectivity index (χ1) is 14.5. The van der Waals surface area contributed by atoms with E-state index in [0.717, 1.165) is 35.0 Å². The van der Waals surface area contributed by atoms with Gasteiger partial charge < -0.3 is 9.47 Å². The van der Waals surface area contributed by atoms with Crippen molar-refractivity contribution in [3.8, 4) is 11.5 Å². The second-order valence-corrected chi connectivity index (χ2v) is 8.34. The van der Waals surface area contributed by atoms with E-state index in [4.69, 9.17) is 14.5 Å². The molecule has 2 heterocycles. The number of hydrogen-bond acceptors (Lipinski definition) is 6. The van der Waals surface area contributed by atoms with Crippen LogP contribution in [0.2, 0.25) is 0 Å². The highest BCUT2D eigenvalue weighted by atomic mass is 32.1. The average Bonchev–Trinajstić information content (AvgIpc) is 3.17. The molecule has 4 rings (SSSR count). The molecular formula is C23H25N3O3S. The molecule has 7 heteroatoms. The van der Waals surface area contributed by atoms with Gasteiger partial charge in [0.25, 0.3) is 0 Å². The first-order valence-corrected chi connectivity index (χ1v) is 10.8. The Morgan fingerprint density at radius 2 is 1.90 bits per heavy atom. The smallest absolute Gasteiger partial charge is 0.230 e. The second kappa shape index (κ2) is 8.85. The molecule has 0 saturated heterocycles. The number of ether oxygens (including phenoxy) is 2. The Morgan fingerprint density at radius 3 is 2.63 bits per heavy atom. The van der Waals surface area contributed by atoms with Crippen LogP contribution in [0.3, 0.4) is 0 Å². The molecule has 1 amide bonds. The summed E-state index contributed by atoms with van der Waals surface area (Å²) in [7, 11) is 2.03. The first-order valence-electron chi connectivity index (χ1n) is 9.88. The second-order valence-electron chi connectivity index (χ2n) is 7.51. The Labute approximate surface area is 180 Å². The highest BCUT2D eigenvalue weighted by Gasteiger charge is 2.23. The molecule has 6 nitrogen and oxygen atoms in total. The third kappa shape index (κ3) is 4.63. The quantitative estimate of drug-likeness (QED) is 0.588. The van der Waals surface area contributed by atoms with Gasteiger partial charge in [-0.2, -0.15) is 0 Å². The lowest BCUT2D eigenvalue weighted by Gasteiger charge is -2.29. The number of thiazole rings is 1. The summed E-state index contributed by atoms with van der Waals surface area (Å²) in [5.41, 5.74) is 2.90. The summed E-state index contributed by atoms with van der Waals surface area (Å²) in [6.45, 7) is 5.49. The number of aromatic nitrogens is 1. The fraction of sp³-hybridized carbons (Fsp3) is 0.304. The molecule has 1 aromatic heterocycles. The van der Waals surface area contributed by atoms with E-state index in [2.05, 4.69) is 4.90 Å². The number of hydrogen-bond donors (Lipinski definition) is 0. The summed E-state index contributed by atoms with van der Waals surface area (Å²) in [6.07, 6.45) is -0.0377. The third-order valence-corrected chi connectivity index (χ3v) is 5.73. The van der Waals surface area contributed by atoms with Crippen LogP contribution < -0.4 is 14.4 Å². The molecule has 0 aliphatic carbocycles. The highest BCUT2D eigenvalue weighted by molar-refractivity contribution is 7.14. The summed E-state index contributed by atoms with van der Waals surface area (Å²) >= 11 is 1.48. The molecule has 156 valence electrons. The van der Waals surface area contributed by atoms with Crippen LogP contribution in [0.5, 0.6) is 11.5 Å². The topological polar surface area (TPSA) is 54.9 Å². The van der Waals surface area contributed by atoms with Gasteiger partial charge >= 0.3 is 0 Å². The fourth-order valence-corrected chi connectivity index (χ4v) is 4.31. The van der Waals surface area contributed by atoms with E-state index in [1.165, 1.54) is 11.3 Å². The maximum absolute atomic E-state index is 12.3. The SMILES string of the molecule is CC(=O)N(c1ccc(C)cc1)c1nc(CN(C)CC2COc3ccccc3O2)cs1. The molecule has 30 heavy (non-hydrogen) atoms. The van der Waals surface area contributed by atoms with Gasteiger partial charge in [0.2, 0.25) is 5.91 Å². The van der Waals surface area contributed by atoms with Crippen LogP contribution >= 0.6 is 11.3 Å². The van der Waals surface area contributed by atoms with E-state index in [1.54, 1.807) is 11.8 Å². The van der Waals surface area contributed by atoms with Gasteiger partial charge in [0, 0.05) is 25.4 Å². The lowest BCUT2D eigenvalue weighted by Crippen LogP contribution is -2.39. The van der Waals surface area contributed by atoms with Crippen molar-refractivity contribution in [1.82, 2.24) is 9.88 Å². The van der Waals surface area contributed by atoms with Crippen LogP contribution in [-0.4, -0.2) is 42.1 Å². The molecule has 2 aromatic carbocycles. The number of carbonyl (C=O) groups is 1. The molecule has 1 aliphatic heterocycles. The van der Waals surface area contributed by atoms with Crippen molar-refractivity contribution in [2.75, 3.05) is 25.1 Å². The largest absolute Gasteiger partial charge is 0.486 e. The summed E-state index contributed by atoms with van der Waals surface area (Å²) in [5, 5.41) is 2.68. The number of likely N-dealkylation sites (N-methyl/N-ethyl adjacent to an activating group) is 1. The summed E-state index contributed by atoms with van der Waals surface area (Å²) in [4.78, 5) is 20.8. The maximum atomic E-state index is 12.3. The molecule has 1 aliphatic rings. The number of carbonyl (C=O) groups excluding carboxylic acids is 1. The van der Waals surface area contributed by atoms with E-state index < -0.39 is 0 Å². The van der Waals surface area contributed by atoms with E-state index in [9.17, 15) is 4.79 Å². The van der Waals surface area contributed by atoms with E-state index >= 15 is 0 Å². The minimum Gasteiger partial charge on any atom is -0.486 e. The molecule has 3 aromatic rings. The summed E-state index contributed by atoms with van der Waals surface area (Å²) in [5.74, 6) is 1.52. The summed E-state index contributed by atoms with van der Waals surface area (Å²) < 4.78 is 11.8. The number of benzene rings is 2. The van der Waals surface area contributed by atoms with E-state index in [0.29, 0.717) is 18.3 Å². The van der Waals surface area contributed by atoms with Crippen LogP contribution in [0.15, 0.2) is 53.9 Å². The van der Waals surface area contributed by atoms with Gasteiger partial charge in [-0.25, -0.2) is 4.98 Å². The minimum atomic E-state index is -0.0560. The molecule has 1 unspecified atom stereocenters. The van der Waals surface area contributed by atoms with E-state index in [-0.39, 0.29) is 12.0 Å². The number of fused-ring (bicyclic) bond motifs is 1. The number of para-hydroxylation sites is 2. The Kier molecular flexibility index (Phi) is 6.01. The molecular weight excluding hydrogens is 398 g/mol. The van der Waals surface area contributed by atoms with Gasteiger partial charge in [-0.1, -0.05) is 29.8 Å². The van der Waals surface area contributed by atoms with Crippen molar-refractivity contribution < 1.29 is 14.3 Å². The lowest BCUT2D eigenvalue weighted by molar-refractivity contribution is -0.115. The Morgan fingerprint density at radius 1 is 1.17 bits per heavy atom. The zero-order valence-corrected chi connectivity index (χ0v) is 18.2. The molecule has 0 spiro atoms. The lowest BCUT2D eigenvalue weighted by atomic mass is 10.2. The van der Waals surface area contributed by atoms with Crippen molar-refractivity contribution in [3.63, 3.8) is 0 Å². The van der Waals surface area contributed by atoms with Gasteiger partial charge in [0.1, 0.15) is 12.7 Å². The standard InChI is InChI=1S/C23H25N3O3S/c1-16-8-10-19(11-9-16)26(17(2)27)23-24-18(15-30-23)12-25(3)13-20-14-28-21-6-4-5-7-22(21)29-20/h4-11,15,20H,12-14H2,1-3H3. The predicted molar refractivity (Wildman–Crippen MR) is 119 cm³/mol. The van der Waals surface area contributed by atoms with Crippen molar-refractivity contribution in [1.29, 1.82) is 0 Å². The van der Waals surface area contributed by atoms with Crippen LogP contribution in [-0.2, 0) is 11.3 Å². The van der Waals surface area contributed by atoms with Gasteiger partial charge in [0.15, 0.2) is 16.6 Å². The third-order valence-electron chi connectivity index (χ3n) is 4.85. The molecule has 0 N–H and O–H groups in total. The van der Waals surface area contributed by atoms with Gasteiger partial charge in [-0.15, -0.1) is 11.3 Å². The Balaban J connectivity index is 1.40. The van der Waals surface area contributed by atoms with Crippen molar-refractivity contribution in [2.24, 2.45) is 0 Å². The normalized spacial score (nSPS) is 15.3. The maximum Gasteiger partial charge on any atom is 0.230 e. The van der Waals surface area contributed by atoms with Crippen molar-refractivity contribution in [2.45, 2.75) is 26.5 Å². The van der Waals surface area contributed by atoms with Crippen molar-refractivity contribution in [3.05, 3.63) is 65.2 Å². The zero-order chi connectivity index (χ0) is 21.1. The number of anilines is 2. The van der Waals surface area contributed by atoms with Gasteiger partial charge in [-0.3, -0.25) is 14.6 Å². The number of rotatable bonds is 6. The number of aryl methyl sites for hydroxylation is 1. The van der Waals surface area contributed by atoms with Crippen LogP contribution in [0.1, 0.15) is 18.2 Å². The highest BCUT2D eigenvalue weighted by Crippen LogP contribution is 2.32. The average molecular weight is 424 g/mol. The molecule has 1 atom stereocenters. The van der Waals surface area contributed by atoms with Crippen LogP contribution in [0.25, 0.3) is 0 Å². The number of amides is 1. The molecule has 0 bridgehead atoms. The molecule has 0 radical (unpaired) electrons. The van der Waals surface area contributed by atoms with Crippen LogP contribution in [0.4, 0.5) is 10.8 Å². The van der Waals surface area contributed by atoms with Crippen LogP contribution in [0, 0.1) is 6.92 Å². The molecule has 0 saturated carbocycles. The van der Waals surface area contributed by atoms with Gasteiger partial charge in [-0.05, 0) is 38.2 Å². The molecule has 0 fully saturated rings. The number of nitrogens with zero attached hydrogens (tertiary/aromatic N) is 3. The minimum absolute atomic E-state index is 0.0377. The van der Waals surface area contributed by atoms with Crippen molar-refractivity contribution >= 4 is 28.1 Å². The Hall–Kier alpha value is -2.90. The van der Waals surface area contributed by atoms with Gasteiger partial charge in [0.05, 0.1) is 11.4 Å². The fourth-order valence-electron chi connectivity index (χ4n) is 3.43. The first kappa shape index (κ1) is 20.4.